The van der Waals surface area contributed by atoms with E-state index in [4.69, 9.17) is 14.2 Å². The Morgan fingerprint density at radius 2 is 2.26 bits per heavy atom. The van der Waals surface area contributed by atoms with Crippen molar-refractivity contribution in [2.24, 2.45) is 4.99 Å². The summed E-state index contributed by atoms with van der Waals surface area (Å²) >= 11 is 0. The van der Waals surface area contributed by atoms with Crippen LogP contribution in [0.25, 0.3) is 0 Å². The van der Waals surface area contributed by atoms with Gasteiger partial charge in [-0.2, -0.15) is 0 Å². The third kappa shape index (κ3) is 8.71. The van der Waals surface area contributed by atoms with Crippen LogP contribution in [0.5, 0.6) is 0 Å². The van der Waals surface area contributed by atoms with E-state index < -0.39 is 0 Å². The van der Waals surface area contributed by atoms with Crippen molar-refractivity contribution in [3.05, 3.63) is 35.1 Å². The van der Waals surface area contributed by atoms with E-state index in [9.17, 15) is 4.39 Å². The van der Waals surface area contributed by atoms with Gasteiger partial charge in [0.15, 0.2) is 5.96 Å². The van der Waals surface area contributed by atoms with Crippen LogP contribution in [-0.2, 0) is 27.4 Å². The molecule has 1 fully saturated rings. The molecule has 1 aromatic carbocycles. The molecule has 1 aliphatic heterocycles. The van der Waals surface area contributed by atoms with Crippen molar-refractivity contribution in [3.63, 3.8) is 0 Å². The van der Waals surface area contributed by atoms with Gasteiger partial charge in [-0.05, 0) is 38.0 Å². The molecule has 0 bridgehead atoms. The molecule has 27 heavy (non-hydrogen) atoms. The van der Waals surface area contributed by atoms with Crippen LogP contribution in [0.2, 0.25) is 0 Å². The largest absolute Gasteiger partial charge is 0.380 e. The summed E-state index contributed by atoms with van der Waals surface area (Å²) in [5.41, 5.74) is 1.47. The first-order chi connectivity index (χ1) is 12.6. The number of ether oxygens (including phenoxy) is 3. The Kier molecular flexibility index (Phi) is 11.8. The molecule has 0 radical (unpaired) electrons. The fourth-order valence-corrected chi connectivity index (χ4v) is 2.68. The number of hydrogen-bond acceptors (Lipinski definition) is 4. The molecule has 2 unspecified atom stereocenters. The molecule has 0 saturated carbocycles. The molecule has 1 aromatic rings. The van der Waals surface area contributed by atoms with E-state index in [2.05, 4.69) is 22.5 Å². The van der Waals surface area contributed by atoms with E-state index in [0.717, 1.165) is 25.1 Å². The monoisotopic (exact) mass is 495 g/mol. The van der Waals surface area contributed by atoms with Crippen molar-refractivity contribution in [2.45, 2.75) is 45.6 Å². The first kappa shape index (κ1) is 24.1. The minimum atomic E-state index is -0.258. The summed E-state index contributed by atoms with van der Waals surface area (Å²) < 4.78 is 29.9. The number of methoxy groups -OCH3 is 1. The van der Waals surface area contributed by atoms with Crippen LogP contribution < -0.4 is 10.6 Å². The summed E-state index contributed by atoms with van der Waals surface area (Å²) in [5, 5.41) is 6.56. The second-order valence-electron chi connectivity index (χ2n) is 6.42. The molecule has 2 rings (SSSR count). The lowest BCUT2D eigenvalue weighted by molar-refractivity contribution is 0.0347. The SMILES string of the molecule is CCNC(=NCc1ccc(F)c(COC)c1)NC(C)COC1CCOC1.I. The second kappa shape index (κ2) is 13.2. The van der Waals surface area contributed by atoms with Crippen LogP contribution in [0.3, 0.4) is 0 Å². The number of hydrogen-bond donors (Lipinski definition) is 2. The van der Waals surface area contributed by atoms with Crippen molar-refractivity contribution in [1.29, 1.82) is 0 Å². The number of nitrogens with zero attached hydrogens (tertiary/aromatic N) is 1. The summed E-state index contributed by atoms with van der Waals surface area (Å²) in [6.07, 6.45) is 1.15. The molecule has 8 heteroatoms. The number of rotatable bonds is 9. The van der Waals surface area contributed by atoms with Gasteiger partial charge in [-0.3, -0.25) is 0 Å². The molecule has 1 heterocycles. The van der Waals surface area contributed by atoms with Gasteiger partial charge in [-0.15, -0.1) is 24.0 Å². The molecule has 2 atom stereocenters. The summed E-state index contributed by atoms with van der Waals surface area (Å²) in [4.78, 5) is 4.59. The fraction of sp³-hybridized carbons (Fsp3) is 0.632. The second-order valence-corrected chi connectivity index (χ2v) is 6.42. The van der Waals surface area contributed by atoms with Crippen LogP contribution in [-0.4, -0.2) is 51.6 Å². The number of aliphatic imine (C=N–C) groups is 1. The zero-order valence-electron chi connectivity index (χ0n) is 16.3. The van der Waals surface area contributed by atoms with E-state index in [1.807, 2.05) is 6.92 Å². The standard InChI is InChI=1S/C19H30FN3O3.HI/c1-4-21-19(23-14(2)11-26-17-7-8-25-13-17)22-10-15-5-6-18(20)16(9-15)12-24-3;/h5-6,9,14,17H,4,7-8,10-13H2,1-3H3,(H2,21,22,23);1H. The lowest BCUT2D eigenvalue weighted by Gasteiger charge is -2.19. The third-order valence-corrected chi connectivity index (χ3v) is 4.03. The lowest BCUT2D eigenvalue weighted by Crippen LogP contribution is -2.44. The number of halogens is 2. The van der Waals surface area contributed by atoms with Crippen molar-refractivity contribution in [3.8, 4) is 0 Å². The average Bonchev–Trinajstić information content (AvgIpc) is 3.14. The minimum absolute atomic E-state index is 0. The molecule has 154 valence electrons. The fourth-order valence-electron chi connectivity index (χ4n) is 2.68. The highest BCUT2D eigenvalue weighted by molar-refractivity contribution is 14.0. The topological polar surface area (TPSA) is 64.1 Å². The van der Waals surface area contributed by atoms with Gasteiger partial charge in [-0.25, -0.2) is 9.38 Å². The Morgan fingerprint density at radius 1 is 1.44 bits per heavy atom. The molecular weight excluding hydrogens is 464 g/mol. The van der Waals surface area contributed by atoms with Gasteiger partial charge < -0.3 is 24.8 Å². The lowest BCUT2D eigenvalue weighted by atomic mass is 10.1. The molecule has 0 aliphatic carbocycles. The molecule has 6 nitrogen and oxygen atoms in total. The highest BCUT2D eigenvalue weighted by Crippen LogP contribution is 2.12. The molecule has 2 N–H and O–H groups in total. The smallest absolute Gasteiger partial charge is 0.191 e. The number of guanidine groups is 1. The van der Waals surface area contributed by atoms with Crippen molar-refractivity contribution in [2.75, 3.05) is 33.5 Å². The quantitative estimate of drug-likeness (QED) is 0.314. The minimum Gasteiger partial charge on any atom is -0.380 e. The third-order valence-electron chi connectivity index (χ3n) is 4.03. The highest BCUT2D eigenvalue weighted by Gasteiger charge is 2.17. The van der Waals surface area contributed by atoms with Crippen molar-refractivity contribution in [1.82, 2.24) is 10.6 Å². The molecule has 0 spiro atoms. The van der Waals surface area contributed by atoms with E-state index in [0.29, 0.717) is 31.3 Å². The first-order valence-corrected chi connectivity index (χ1v) is 9.12. The first-order valence-electron chi connectivity index (χ1n) is 9.12. The van der Waals surface area contributed by atoms with Crippen LogP contribution in [0, 0.1) is 5.82 Å². The summed E-state index contributed by atoms with van der Waals surface area (Å²) in [5.74, 6) is 0.454. The maximum absolute atomic E-state index is 13.7. The predicted molar refractivity (Wildman–Crippen MR) is 115 cm³/mol. The van der Waals surface area contributed by atoms with Gasteiger partial charge in [0.1, 0.15) is 5.82 Å². The van der Waals surface area contributed by atoms with Gasteiger partial charge in [0.05, 0.1) is 32.5 Å². The van der Waals surface area contributed by atoms with Gasteiger partial charge >= 0.3 is 0 Å². The predicted octanol–water partition coefficient (Wildman–Crippen LogP) is 2.84. The van der Waals surface area contributed by atoms with Crippen LogP contribution in [0.15, 0.2) is 23.2 Å². The Labute approximate surface area is 178 Å². The Morgan fingerprint density at radius 3 is 2.93 bits per heavy atom. The normalized spacial score (nSPS) is 18.1. The zero-order valence-corrected chi connectivity index (χ0v) is 18.6. The van der Waals surface area contributed by atoms with Crippen LogP contribution in [0.1, 0.15) is 31.4 Å². The molecule has 0 aromatic heterocycles. The van der Waals surface area contributed by atoms with Crippen molar-refractivity contribution >= 4 is 29.9 Å². The van der Waals surface area contributed by atoms with Crippen LogP contribution in [0.4, 0.5) is 4.39 Å². The van der Waals surface area contributed by atoms with E-state index in [1.165, 1.54) is 6.07 Å². The molecule has 1 saturated heterocycles. The van der Waals surface area contributed by atoms with E-state index in [-0.39, 0.29) is 48.5 Å². The highest BCUT2D eigenvalue weighted by atomic mass is 127. The average molecular weight is 495 g/mol. The van der Waals surface area contributed by atoms with E-state index in [1.54, 1.807) is 19.2 Å². The maximum Gasteiger partial charge on any atom is 0.191 e. The van der Waals surface area contributed by atoms with Crippen LogP contribution >= 0.6 is 24.0 Å². The number of nitrogens with one attached hydrogen (secondary N) is 2. The molecule has 1 aliphatic rings. The Balaban J connectivity index is 0.00000364. The zero-order chi connectivity index (χ0) is 18.8. The van der Waals surface area contributed by atoms with Gasteiger partial charge in [0.25, 0.3) is 0 Å². The maximum atomic E-state index is 13.7. The van der Waals surface area contributed by atoms with Gasteiger partial charge in [0.2, 0.25) is 0 Å². The summed E-state index contributed by atoms with van der Waals surface area (Å²) in [6.45, 7) is 7.58. The molecular formula is C19H31FIN3O3. The molecule has 0 amide bonds. The van der Waals surface area contributed by atoms with Gasteiger partial charge in [0, 0.05) is 31.9 Å². The van der Waals surface area contributed by atoms with E-state index >= 15 is 0 Å². The van der Waals surface area contributed by atoms with Crippen molar-refractivity contribution < 1.29 is 18.6 Å². The summed E-state index contributed by atoms with van der Waals surface area (Å²) in [7, 11) is 1.55. The summed E-state index contributed by atoms with van der Waals surface area (Å²) in [6, 6.07) is 5.11. The number of benzene rings is 1. The Bertz CT molecular complexity index is 583. The Hall–Kier alpha value is -0.970. The van der Waals surface area contributed by atoms with Gasteiger partial charge in [-0.1, -0.05) is 6.07 Å².